The minimum absolute atomic E-state index is 0.0124. The summed E-state index contributed by atoms with van der Waals surface area (Å²) in [5, 5.41) is 0.130. The molecule has 12 nitrogen and oxygen atoms in total. The summed E-state index contributed by atoms with van der Waals surface area (Å²) in [7, 11) is 2.49. The molecule has 2 heterocycles. The fourth-order valence-corrected chi connectivity index (χ4v) is 8.81. The number of methoxy groups -OCH3 is 2. The number of carbonyl (C=O) groups excluding carboxylic acids is 2. The molecule has 17 heteroatoms. The molecule has 0 N–H and O–H groups in total. The van der Waals surface area contributed by atoms with Gasteiger partial charge < -0.3 is 28.7 Å². The Morgan fingerprint density at radius 2 is 1.72 bits per heavy atom. The molecule has 2 aliphatic rings. The van der Waals surface area contributed by atoms with Gasteiger partial charge in [-0.3, -0.25) is 14.5 Å². The standard InChI is InChI=1S/C37H44ClF3N4O8S/c1-8-43(5)16-9-17-52-26-20-30(34(46)42(3)4)44(22-26)36(28-18-23(2)10-14-31(28)51-7)27-19-24(38)11-13-29(27)45(35(36)47)54(48,49)33-15-12-25(50-6)21-32(33)53-37(39,40)41/h10-15,18-19,21,26,30H,8-9,16-17,20,22H2,1-7H3/t26-,30+,36?/m1/s1. The van der Waals surface area contributed by atoms with Crippen molar-refractivity contribution in [3.63, 3.8) is 0 Å². The maximum Gasteiger partial charge on any atom is 0.573 e. The van der Waals surface area contributed by atoms with E-state index in [1.54, 1.807) is 44.1 Å². The molecule has 1 saturated heterocycles. The number of carbonyl (C=O) groups is 2. The molecule has 3 aromatic rings. The monoisotopic (exact) mass is 796 g/mol. The van der Waals surface area contributed by atoms with E-state index in [1.807, 2.05) is 14.0 Å². The summed E-state index contributed by atoms with van der Waals surface area (Å²) < 4.78 is 92.6. The van der Waals surface area contributed by atoms with Gasteiger partial charge in [-0.25, -0.2) is 12.7 Å². The van der Waals surface area contributed by atoms with Gasteiger partial charge in [0.05, 0.1) is 32.1 Å². The van der Waals surface area contributed by atoms with Crippen LogP contribution in [-0.2, 0) is 29.9 Å². The van der Waals surface area contributed by atoms with Crippen molar-refractivity contribution in [3.8, 4) is 17.2 Å². The molecule has 3 atom stereocenters. The van der Waals surface area contributed by atoms with Crippen molar-refractivity contribution in [1.29, 1.82) is 0 Å². The third-order valence-electron chi connectivity index (χ3n) is 9.70. The van der Waals surface area contributed by atoms with Crippen LogP contribution in [-0.4, -0.2) is 115 Å². The fourth-order valence-electron chi connectivity index (χ4n) is 7.08. The van der Waals surface area contributed by atoms with E-state index in [4.69, 9.17) is 25.8 Å². The second-order valence-electron chi connectivity index (χ2n) is 13.4. The number of ether oxygens (including phenoxy) is 4. The van der Waals surface area contributed by atoms with Crippen molar-refractivity contribution in [1.82, 2.24) is 14.7 Å². The van der Waals surface area contributed by atoms with E-state index in [1.165, 1.54) is 37.3 Å². The molecule has 2 aliphatic heterocycles. The molecule has 3 aromatic carbocycles. The van der Waals surface area contributed by atoms with Gasteiger partial charge in [0.15, 0.2) is 11.3 Å². The quantitative estimate of drug-likeness (QED) is 0.196. The number of anilines is 1. The van der Waals surface area contributed by atoms with Gasteiger partial charge in [-0.1, -0.05) is 30.2 Å². The Morgan fingerprint density at radius 3 is 2.35 bits per heavy atom. The summed E-state index contributed by atoms with van der Waals surface area (Å²) in [5.74, 6) is -2.53. The maximum absolute atomic E-state index is 15.7. The van der Waals surface area contributed by atoms with Crippen molar-refractivity contribution in [3.05, 3.63) is 76.3 Å². The Morgan fingerprint density at radius 1 is 1.00 bits per heavy atom. The number of nitrogens with zero attached hydrogens (tertiary/aromatic N) is 4. The van der Waals surface area contributed by atoms with Crippen LogP contribution in [0.5, 0.6) is 17.2 Å². The van der Waals surface area contributed by atoms with Crippen LogP contribution in [0.15, 0.2) is 59.5 Å². The summed E-state index contributed by atoms with van der Waals surface area (Å²) in [4.78, 5) is 33.9. The summed E-state index contributed by atoms with van der Waals surface area (Å²) in [6.07, 6.45) is -5.04. The van der Waals surface area contributed by atoms with Crippen LogP contribution >= 0.6 is 11.6 Å². The summed E-state index contributed by atoms with van der Waals surface area (Å²) in [6, 6.07) is 10.9. The van der Waals surface area contributed by atoms with Gasteiger partial charge >= 0.3 is 6.36 Å². The van der Waals surface area contributed by atoms with Crippen LogP contribution in [0.25, 0.3) is 0 Å². The van der Waals surface area contributed by atoms with Crippen LogP contribution in [0.1, 0.15) is 36.5 Å². The van der Waals surface area contributed by atoms with Gasteiger partial charge in [-0.15, -0.1) is 13.2 Å². The first-order chi connectivity index (χ1) is 25.4. The number of rotatable bonds is 14. The van der Waals surface area contributed by atoms with E-state index in [0.717, 1.165) is 31.3 Å². The third-order valence-corrected chi connectivity index (χ3v) is 11.7. The normalized spacial score (nSPS) is 20.4. The zero-order valence-corrected chi connectivity index (χ0v) is 32.6. The Balaban J connectivity index is 1.78. The van der Waals surface area contributed by atoms with Gasteiger partial charge in [0.2, 0.25) is 5.91 Å². The lowest BCUT2D eigenvalue weighted by Gasteiger charge is -2.42. The molecule has 0 radical (unpaired) electrons. The molecule has 0 saturated carbocycles. The predicted molar refractivity (Wildman–Crippen MR) is 196 cm³/mol. The van der Waals surface area contributed by atoms with Gasteiger partial charge in [-0.2, -0.15) is 0 Å². The minimum atomic E-state index is -5.30. The first-order valence-corrected chi connectivity index (χ1v) is 19.0. The predicted octanol–water partition coefficient (Wildman–Crippen LogP) is 5.43. The van der Waals surface area contributed by atoms with E-state index in [0.29, 0.717) is 22.9 Å². The van der Waals surface area contributed by atoms with E-state index in [2.05, 4.69) is 9.64 Å². The van der Waals surface area contributed by atoms with Gasteiger partial charge in [0, 0.05) is 56.0 Å². The largest absolute Gasteiger partial charge is 0.573 e. The van der Waals surface area contributed by atoms with E-state index < -0.39 is 50.6 Å². The topological polar surface area (TPSA) is 118 Å². The number of fused-ring (bicyclic) bond motifs is 1. The lowest BCUT2D eigenvalue weighted by molar-refractivity contribution is -0.275. The number of hydrogen-bond donors (Lipinski definition) is 0. The fraction of sp³-hybridized carbons (Fsp3) is 0.459. The minimum Gasteiger partial charge on any atom is -0.497 e. The van der Waals surface area contributed by atoms with Crippen molar-refractivity contribution < 1.29 is 50.1 Å². The number of benzene rings is 3. The molecular weight excluding hydrogens is 753 g/mol. The Kier molecular flexibility index (Phi) is 12.1. The highest BCUT2D eigenvalue weighted by Gasteiger charge is 2.64. The van der Waals surface area contributed by atoms with Crippen molar-refractivity contribution in [2.24, 2.45) is 0 Å². The van der Waals surface area contributed by atoms with E-state index in [-0.39, 0.29) is 52.2 Å². The zero-order chi connectivity index (χ0) is 39.7. The molecule has 2 amide bonds. The molecular formula is C37H44ClF3N4O8S. The molecule has 1 fully saturated rings. The smallest absolute Gasteiger partial charge is 0.497 e. The molecule has 294 valence electrons. The zero-order valence-electron chi connectivity index (χ0n) is 31.1. The highest BCUT2D eigenvalue weighted by molar-refractivity contribution is 7.93. The molecule has 1 unspecified atom stereocenters. The van der Waals surface area contributed by atoms with Crippen LogP contribution in [0.2, 0.25) is 5.02 Å². The van der Waals surface area contributed by atoms with Gasteiger partial charge in [0.25, 0.3) is 15.9 Å². The maximum atomic E-state index is 15.7. The number of hydrogen-bond acceptors (Lipinski definition) is 10. The van der Waals surface area contributed by atoms with Crippen LogP contribution in [0, 0.1) is 6.92 Å². The summed E-state index contributed by atoms with van der Waals surface area (Å²) >= 11 is 6.62. The Labute approximate surface area is 318 Å². The Bertz CT molecular complexity index is 2000. The van der Waals surface area contributed by atoms with Crippen molar-refractivity contribution in [2.45, 2.75) is 55.6 Å². The second kappa shape index (κ2) is 15.9. The van der Waals surface area contributed by atoms with Crippen molar-refractivity contribution >= 4 is 39.1 Å². The van der Waals surface area contributed by atoms with E-state index >= 15 is 4.79 Å². The summed E-state index contributed by atoms with van der Waals surface area (Å²) in [5.41, 5.74) is -1.38. The summed E-state index contributed by atoms with van der Waals surface area (Å²) in [6.45, 7) is 5.76. The van der Waals surface area contributed by atoms with Crippen LogP contribution in [0.3, 0.4) is 0 Å². The molecule has 5 rings (SSSR count). The number of likely N-dealkylation sites (tertiary alicyclic amines) is 1. The number of amides is 2. The first-order valence-electron chi connectivity index (χ1n) is 17.2. The first kappa shape index (κ1) is 41.1. The second-order valence-corrected chi connectivity index (χ2v) is 15.6. The van der Waals surface area contributed by atoms with Gasteiger partial charge in [0.1, 0.15) is 16.4 Å². The SMILES string of the molecule is CCN(C)CCCO[C@@H]1C[C@@H](C(=O)N(C)C)N(C2(c3cc(C)ccc3OC)C(=O)N(S(=O)(=O)c3ccc(OC)cc3OC(F)(F)F)c3ccc(Cl)cc32)C1. The molecule has 0 spiro atoms. The third kappa shape index (κ3) is 7.71. The molecule has 0 aliphatic carbocycles. The van der Waals surface area contributed by atoms with Gasteiger partial charge in [-0.05, 0) is 75.8 Å². The highest BCUT2D eigenvalue weighted by atomic mass is 35.5. The van der Waals surface area contributed by atoms with Crippen LogP contribution in [0.4, 0.5) is 18.9 Å². The Hall–Kier alpha value is -4.09. The van der Waals surface area contributed by atoms with E-state index in [9.17, 15) is 26.4 Å². The average Bonchev–Trinajstić information content (AvgIpc) is 3.65. The number of likely N-dealkylation sites (N-methyl/N-ethyl adjacent to an activating group) is 1. The van der Waals surface area contributed by atoms with Crippen molar-refractivity contribution in [2.75, 3.05) is 65.9 Å². The number of alkyl halides is 3. The molecule has 0 bridgehead atoms. The lowest BCUT2D eigenvalue weighted by Crippen LogP contribution is -2.59. The van der Waals surface area contributed by atoms with Crippen LogP contribution < -0.4 is 18.5 Å². The average molecular weight is 797 g/mol. The lowest BCUT2D eigenvalue weighted by atomic mass is 9.80. The molecule has 0 aromatic heterocycles. The number of sulfonamides is 1. The number of halogens is 4. The molecule has 54 heavy (non-hydrogen) atoms. The highest BCUT2D eigenvalue weighted by Crippen LogP contribution is 2.55. The number of aryl methyl sites for hydroxylation is 1.